The second-order valence-corrected chi connectivity index (χ2v) is 10.3. The van der Waals surface area contributed by atoms with Gasteiger partial charge in [-0.25, -0.2) is 0 Å². The van der Waals surface area contributed by atoms with Gasteiger partial charge in [0.2, 0.25) is 0 Å². The van der Waals surface area contributed by atoms with Crippen LogP contribution in [0.1, 0.15) is 43.0 Å². The molecule has 4 aromatic rings. The molecule has 9 heteroatoms. The van der Waals surface area contributed by atoms with Gasteiger partial charge in [-0.05, 0) is 58.2 Å². The van der Waals surface area contributed by atoms with Crippen molar-refractivity contribution in [3.8, 4) is 0 Å². The van der Waals surface area contributed by atoms with Gasteiger partial charge < -0.3 is 10.6 Å². The maximum Gasteiger partial charge on any atom is 0.449 e. The van der Waals surface area contributed by atoms with Crippen LogP contribution in [0.2, 0.25) is 0 Å². The van der Waals surface area contributed by atoms with E-state index < -0.39 is 10.5 Å². The second-order valence-electron chi connectivity index (χ2n) is 8.78. The van der Waals surface area contributed by atoms with E-state index in [2.05, 4.69) is 14.9 Å². The summed E-state index contributed by atoms with van der Waals surface area (Å²) >= 11 is 0. The normalized spacial score (nSPS) is 13.9. The molecule has 0 saturated heterocycles. The monoisotopic (exact) mass is 513 g/mol. The van der Waals surface area contributed by atoms with E-state index in [1.54, 1.807) is 55.5 Å². The Morgan fingerprint density at radius 1 is 0.703 bits per heavy atom. The van der Waals surface area contributed by atoms with Crippen molar-refractivity contribution >= 4 is 44.8 Å². The van der Waals surface area contributed by atoms with E-state index in [0.29, 0.717) is 16.8 Å². The first-order valence-electron chi connectivity index (χ1n) is 11.4. The SMILES string of the molecule is Cc1ccc(Nc2ccc(Nc3ccc(C)cc3[S+]([O])(=O)ON)c3c2C(=O)c2ccccc2C3=O)cc1. The van der Waals surface area contributed by atoms with Gasteiger partial charge in [0.15, 0.2) is 11.6 Å². The number of fused-ring (bicyclic) bond motifs is 2. The number of hydrogen-bond acceptors (Lipinski definition) is 7. The highest BCUT2D eigenvalue weighted by atomic mass is 32.3. The predicted octanol–water partition coefficient (Wildman–Crippen LogP) is 5.58. The van der Waals surface area contributed by atoms with Crippen LogP contribution < -0.4 is 16.5 Å². The summed E-state index contributed by atoms with van der Waals surface area (Å²) in [6.07, 6.45) is 0. The van der Waals surface area contributed by atoms with Crippen LogP contribution in [0.4, 0.5) is 22.7 Å². The Balaban J connectivity index is 1.68. The fourth-order valence-corrected chi connectivity index (χ4v) is 5.18. The highest BCUT2D eigenvalue weighted by Crippen LogP contribution is 2.40. The van der Waals surface area contributed by atoms with E-state index in [1.165, 1.54) is 6.07 Å². The smallest absolute Gasteiger partial charge is 0.355 e. The van der Waals surface area contributed by atoms with E-state index in [-0.39, 0.29) is 44.5 Å². The van der Waals surface area contributed by atoms with Crippen molar-refractivity contribution in [3.63, 3.8) is 0 Å². The van der Waals surface area contributed by atoms with Crippen LogP contribution in [-0.2, 0) is 23.5 Å². The third-order valence-electron chi connectivity index (χ3n) is 6.21. The van der Waals surface area contributed by atoms with E-state index >= 15 is 0 Å². The summed E-state index contributed by atoms with van der Waals surface area (Å²) in [6, 6.07) is 22.2. The Kier molecular flexibility index (Phi) is 6.22. The van der Waals surface area contributed by atoms with Gasteiger partial charge in [0.05, 0.1) is 27.1 Å². The summed E-state index contributed by atoms with van der Waals surface area (Å²) in [6.45, 7) is 3.70. The molecule has 1 aliphatic rings. The van der Waals surface area contributed by atoms with Crippen LogP contribution in [-0.4, -0.2) is 11.6 Å². The van der Waals surface area contributed by atoms with Crippen molar-refractivity contribution in [3.05, 3.63) is 112 Å². The number of benzene rings is 4. The molecule has 1 atom stereocenters. The molecule has 0 amide bonds. The molecule has 0 spiro atoms. The number of anilines is 4. The van der Waals surface area contributed by atoms with Crippen LogP contribution in [0.3, 0.4) is 0 Å². The standard InChI is InChI=1S/C28H23N3O5S/c1-16-7-10-18(11-8-16)30-22-13-14-23(31-21-12-9-17(2)15-24(21)37(34,35)36-29)26-25(22)27(32)19-5-3-4-6-20(19)28(26)33/h3-15,30-31H,29H2,1-2H3/q+1. The molecule has 5 rings (SSSR count). The van der Waals surface area contributed by atoms with Crippen molar-refractivity contribution in [1.29, 1.82) is 0 Å². The lowest BCUT2D eigenvalue weighted by Gasteiger charge is -2.24. The third kappa shape index (κ3) is 4.45. The van der Waals surface area contributed by atoms with Crippen LogP contribution >= 0.6 is 0 Å². The molecule has 0 heterocycles. The number of aryl methyl sites for hydroxylation is 2. The molecular formula is C28H23N3O5S+. The van der Waals surface area contributed by atoms with Crippen molar-refractivity contribution < 1.29 is 22.6 Å². The minimum Gasteiger partial charge on any atom is -0.355 e. The average molecular weight is 514 g/mol. The number of hydrogen-bond donors (Lipinski definition) is 3. The summed E-state index contributed by atoms with van der Waals surface area (Å²) in [4.78, 5) is 27.2. The minimum absolute atomic E-state index is 0.137. The number of nitrogens with one attached hydrogen (secondary N) is 2. The molecule has 185 valence electrons. The minimum atomic E-state index is -4.27. The van der Waals surface area contributed by atoms with Gasteiger partial charge in [-0.15, -0.1) is 0 Å². The van der Waals surface area contributed by atoms with E-state index in [4.69, 9.17) is 5.90 Å². The fraction of sp³-hybridized carbons (Fsp3) is 0.0714. The van der Waals surface area contributed by atoms with Crippen LogP contribution in [0.15, 0.2) is 83.8 Å². The predicted molar refractivity (Wildman–Crippen MR) is 141 cm³/mol. The molecule has 0 fully saturated rings. The summed E-state index contributed by atoms with van der Waals surface area (Å²) in [5.74, 6) is 4.37. The molecule has 0 aromatic heterocycles. The molecule has 0 aliphatic heterocycles. The van der Waals surface area contributed by atoms with E-state index in [1.807, 2.05) is 31.2 Å². The molecule has 1 aliphatic carbocycles. The lowest BCUT2D eigenvalue weighted by Crippen LogP contribution is -2.24. The number of carbonyl (C=O) groups is 2. The van der Waals surface area contributed by atoms with Gasteiger partial charge in [-0.1, -0.05) is 48.0 Å². The first-order chi connectivity index (χ1) is 17.7. The van der Waals surface area contributed by atoms with Gasteiger partial charge in [-0.3, -0.25) is 9.59 Å². The van der Waals surface area contributed by atoms with Crippen LogP contribution in [0.5, 0.6) is 0 Å². The third-order valence-corrected chi connectivity index (χ3v) is 7.34. The number of nitrogens with two attached hydrogens (primary N) is 1. The number of ketones is 2. The molecule has 4 aromatic carbocycles. The molecular weight excluding hydrogens is 490 g/mol. The number of carbonyl (C=O) groups excluding carboxylic acids is 2. The lowest BCUT2D eigenvalue weighted by atomic mass is 9.82. The summed E-state index contributed by atoms with van der Waals surface area (Å²) in [5.41, 5.74) is 4.29. The first kappa shape index (κ1) is 24.5. The fourth-order valence-electron chi connectivity index (χ4n) is 4.36. The first-order valence-corrected chi connectivity index (χ1v) is 12.8. The zero-order valence-corrected chi connectivity index (χ0v) is 20.8. The van der Waals surface area contributed by atoms with Gasteiger partial charge >= 0.3 is 10.5 Å². The quantitative estimate of drug-likeness (QED) is 0.200. The largest absolute Gasteiger partial charge is 0.449 e. The van der Waals surface area contributed by atoms with Crippen molar-refractivity contribution in [2.75, 3.05) is 10.6 Å². The molecule has 4 N–H and O–H groups in total. The second kappa shape index (κ2) is 9.38. The van der Waals surface area contributed by atoms with Crippen molar-refractivity contribution in [1.82, 2.24) is 0 Å². The van der Waals surface area contributed by atoms with Gasteiger partial charge in [0.25, 0.3) is 4.90 Å². The average Bonchev–Trinajstić information content (AvgIpc) is 2.90. The van der Waals surface area contributed by atoms with E-state index in [9.17, 15) is 18.4 Å². The Hall–Kier alpha value is -4.15. The highest BCUT2D eigenvalue weighted by Gasteiger charge is 2.39. The molecule has 1 unspecified atom stereocenters. The highest BCUT2D eigenvalue weighted by molar-refractivity contribution is 7.93. The van der Waals surface area contributed by atoms with Crippen LogP contribution in [0, 0.1) is 13.8 Å². The Morgan fingerprint density at radius 2 is 1.22 bits per heavy atom. The summed E-state index contributed by atoms with van der Waals surface area (Å²) in [5, 5.41) is 6.28. The summed E-state index contributed by atoms with van der Waals surface area (Å²) < 4.78 is 29.2. The van der Waals surface area contributed by atoms with Crippen LogP contribution in [0.25, 0.3) is 0 Å². The molecule has 1 radical (unpaired) electrons. The van der Waals surface area contributed by atoms with E-state index in [0.717, 1.165) is 11.3 Å². The van der Waals surface area contributed by atoms with Crippen molar-refractivity contribution in [2.45, 2.75) is 18.7 Å². The molecule has 0 bridgehead atoms. The molecule has 0 saturated carbocycles. The van der Waals surface area contributed by atoms with Gasteiger partial charge in [0, 0.05) is 22.9 Å². The van der Waals surface area contributed by atoms with Gasteiger partial charge in [-0.2, -0.15) is 5.90 Å². The Morgan fingerprint density at radius 3 is 1.78 bits per heavy atom. The summed E-state index contributed by atoms with van der Waals surface area (Å²) in [7, 11) is -4.27. The van der Waals surface area contributed by atoms with Gasteiger partial charge in [0.1, 0.15) is 5.69 Å². The zero-order valence-electron chi connectivity index (χ0n) is 20.0. The zero-order chi connectivity index (χ0) is 26.3. The Labute approximate surface area is 214 Å². The Bertz CT molecular complexity index is 1620. The number of rotatable bonds is 6. The molecule has 8 nitrogen and oxygen atoms in total. The van der Waals surface area contributed by atoms with Crippen molar-refractivity contribution in [2.24, 2.45) is 5.90 Å². The lowest BCUT2D eigenvalue weighted by molar-refractivity contribution is 0.0980. The maximum absolute atomic E-state index is 13.7. The topological polar surface area (TPSA) is 130 Å². The maximum atomic E-state index is 13.7. The molecule has 37 heavy (non-hydrogen) atoms.